The molecule has 0 bridgehead atoms. The fourth-order valence-corrected chi connectivity index (χ4v) is 3.04. The topological polar surface area (TPSA) is 12.0 Å². The van der Waals surface area contributed by atoms with Crippen LogP contribution in [0.3, 0.4) is 0 Å². The monoisotopic (exact) mass is 281 g/mol. The molecule has 0 amide bonds. The van der Waals surface area contributed by atoms with Gasteiger partial charge in [0, 0.05) is 11.6 Å². The number of halogens is 2. The Morgan fingerprint density at radius 2 is 1.79 bits per heavy atom. The van der Waals surface area contributed by atoms with Gasteiger partial charge >= 0.3 is 0 Å². The minimum atomic E-state index is -0.501. The summed E-state index contributed by atoms with van der Waals surface area (Å²) in [6.07, 6.45) is 0. The van der Waals surface area contributed by atoms with Gasteiger partial charge in [0.05, 0.1) is 6.04 Å². The Balaban J connectivity index is 2.51. The lowest BCUT2D eigenvalue weighted by Crippen LogP contribution is -2.23. The van der Waals surface area contributed by atoms with Crippen LogP contribution < -0.4 is 5.32 Å². The summed E-state index contributed by atoms with van der Waals surface area (Å²) in [7, 11) is 0. The Morgan fingerprint density at radius 3 is 2.37 bits per heavy atom. The van der Waals surface area contributed by atoms with Crippen LogP contribution in [0.15, 0.2) is 22.9 Å². The van der Waals surface area contributed by atoms with E-state index in [1.807, 2.05) is 24.6 Å². The van der Waals surface area contributed by atoms with Gasteiger partial charge in [-0.1, -0.05) is 6.92 Å². The maximum absolute atomic E-state index is 14.1. The molecule has 1 aromatic heterocycles. The average molecular weight is 281 g/mol. The van der Waals surface area contributed by atoms with Crippen molar-refractivity contribution >= 4 is 11.3 Å². The van der Waals surface area contributed by atoms with Gasteiger partial charge < -0.3 is 5.32 Å². The van der Waals surface area contributed by atoms with Gasteiger partial charge in [0.2, 0.25) is 0 Å². The van der Waals surface area contributed by atoms with Crippen LogP contribution in [0.4, 0.5) is 8.78 Å². The van der Waals surface area contributed by atoms with Gasteiger partial charge in [0.25, 0.3) is 0 Å². The van der Waals surface area contributed by atoms with E-state index in [1.54, 1.807) is 24.3 Å². The van der Waals surface area contributed by atoms with Gasteiger partial charge in [-0.05, 0) is 53.9 Å². The lowest BCUT2D eigenvalue weighted by molar-refractivity contribution is 0.537. The minimum Gasteiger partial charge on any atom is -0.306 e. The highest BCUT2D eigenvalue weighted by atomic mass is 32.1. The summed E-state index contributed by atoms with van der Waals surface area (Å²) >= 11 is 1.59. The van der Waals surface area contributed by atoms with Crippen LogP contribution in [-0.4, -0.2) is 6.54 Å². The van der Waals surface area contributed by atoms with Gasteiger partial charge in [-0.15, -0.1) is 0 Å². The second kappa shape index (κ2) is 5.80. The van der Waals surface area contributed by atoms with Crippen molar-refractivity contribution in [3.8, 4) is 0 Å². The standard InChI is InChI=1S/C15H17F2NS/c1-4-18-15(12-8-19-7-10(12)3)11-5-9(2)13(16)6-14(11)17/h5-8,15,18H,4H2,1-3H3. The summed E-state index contributed by atoms with van der Waals surface area (Å²) < 4.78 is 27.4. The van der Waals surface area contributed by atoms with Crippen LogP contribution in [0.1, 0.15) is 35.2 Å². The zero-order valence-corrected chi connectivity index (χ0v) is 12.1. The molecule has 1 heterocycles. The fourth-order valence-electron chi connectivity index (χ4n) is 2.16. The van der Waals surface area contributed by atoms with Crippen LogP contribution in [0.2, 0.25) is 0 Å². The summed E-state index contributed by atoms with van der Waals surface area (Å²) in [5.41, 5.74) is 3.14. The zero-order chi connectivity index (χ0) is 14.0. The second-order valence-electron chi connectivity index (χ2n) is 4.62. The molecule has 0 fully saturated rings. The van der Waals surface area contributed by atoms with Gasteiger partial charge in [-0.3, -0.25) is 0 Å². The minimum absolute atomic E-state index is 0.226. The van der Waals surface area contributed by atoms with Gasteiger partial charge in [-0.2, -0.15) is 11.3 Å². The highest BCUT2D eigenvalue weighted by Crippen LogP contribution is 2.30. The Bertz CT molecular complexity index is 578. The first-order valence-corrected chi connectivity index (χ1v) is 7.20. The van der Waals surface area contributed by atoms with E-state index in [0.717, 1.165) is 23.7 Å². The second-order valence-corrected chi connectivity index (χ2v) is 5.37. The summed E-state index contributed by atoms with van der Waals surface area (Å²) in [6.45, 7) is 6.35. The van der Waals surface area contributed by atoms with E-state index in [-0.39, 0.29) is 6.04 Å². The van der Waals surface area contributed by atoms with Crippen LogP contribution in [-0.2, 0) is 0 Å². The van der Waals surface area contributed by atoms with E-state index in [0.29, 0.717) is 11.1 Å². The molecule has 0 saturated carbocycles. The Kier molecular flexibility index (Phi) is 4.32. The number of hydrogen-bond donors (Lipinski definition) is 1. The molecule has 4 heteroatoms. The molecule has 0 spiro atoms. The molecule has 0 radical (unpaired) electrons. The van der Waals surface area contributed by atoms with E-state index < -0.39 is 11.6 Å². The van der Waals surface area contributed by atoms with Crippen molar-refractivity contribution in [2.75, 3.05) is 6.54 Å². The van der Waals surface area contributed by atoms with Crippen molar-refractivity contribution in [1.82, 2.24) is 5.32 Å². The third-order valence-electron chi connectivity index (χ3n) is 3.20. The molecule has 1 N–H and O–H groups in total. The number of hydrogen-bond acceptors (Lipinski definition) is 2. The zero-order valence-electron chi connectivity index (χ0n) is 11.3. The molecule has 1 unspecified atom stereocenters. The van der Waals surface area contributed by atoms with Crippen LogP contribution in [0.25, 0.3) is 0 Å². The molecule has 2 aromatic rings. The van der Waals surface area contributed by atoms with Crippen molar-refractivity contribution < 1.29 is 8.78 Å². The number of thiophene rings is 1. The summed E-state index contributed by atoms with van der Waals surface area (Å²) in [5, 5.41) is 7.32. The first kappa shape index (κ1) is 14.2. The first-order valence-electron chi connectivity index (χ1n) is 6.26. The number of rotatable bonds is 4. The summed E-state index contributed by atoms with van der Waals surface area (Å²) in [6, 6.07) is 2.33. The Hall–Kier alpha value is -1.26. The maximum Gasteiger partial charge on any atom is 0.131 e. The highest BCUT2D eigenvalue weighted by molar-refractivity contribution is 7.08. The lowest BCUT2D eigenvalue weighted by Gasteiger charge is -2.20. The average Bonchev–Trinajstić information content (AvgIpc) is 2.77. The van der Waals surface area contributed by atoms with E-state index in [1.165, 1.54) is 0 Å². The van der Waals surface area contributed by atoms with Crippen molar-refractivity contribution in [2.24, 2.45) is 0 Å². The van der Waals surface area contributed by atoms with Gasteiger partial charge in [0.1, 0.15) is 11.6 Å². The normalized spacial score (nSPS) is 12.7. The predicted molar refractivity (Wildman–Crippen MR) is 75.7 cm³/mol. The third-order valence-corrected chi connectivity index (χ3v) is 4.08. The Labute approximate surface area is 116 Å². The van der Waals surface area contributed by atoms with E-state index >= 15 is 0 Å². The van der Waals surface area contributed by atoms with E-state index in [9.17, 15) is 8.78 Å². The number of benzene rings is 1. The van der Waals surface area contributed by atoms with E-state index in [4.69, 9.17) is 0 Å². The lowest BCUT2D eigenvalue weighted by atomic mass is 9.96. The molecule has 102 valence electrons. The summed E-state index contributed by atoms with van der Waals surface area (Å²) in [5.74, 6) is -1.00. The molecule has 1 atom stereocenters. The highest BCUT2D eigenvalue weighted by Gasteiger charge is 2.20. The van der Waals surface area contributed by atoms with Crippen LogP contribution in [0.5, 0.6) is 0 Å². The largest absolute Gasteiger partial charge is 0.306 e. The molecular weight excluding hydrogens is 264 g/mol. The molecule has 0 aliphatic rings. The molecule has 0 aliphatic heterocycles. The molecule has 0 saturated heterocycles. The third kappa shape index (κ3) is 2.85. The predicted octanol–water partition coefficient (Wildman–Crippen LogP) is 4.34. The van der Waals surface area contributed by atoms with Crippen LogP contribution >= 0.6 is 11.3 Å². The first-order chi connectivity index (χ1) is 9.04. The smallest absolute Gasteiger partial charge is 0.131 e. The Morgan fingerprint density at radius 1 is 1.05 bits per heavy atom. The SMILES string of the molecule is CCNC(c1cscc1C)c1cc(C)c(F)cc1F. The van der Waals surface area contributed by atoms with Crippen molar-refractivity contribution in [1.29, 1.82) is 0 Å². The van der Waals surface area contributed by atoms with Crippen LogP contribution in [0, 0.1) is 25.5 Å². The van der Waals surface area contributed by atoms with Crippen molar-refractivity contribution in [3.63, 3.8) is 0 Å². The fraction of sp³-hybridized carbons (Fsp3) is 0.333. The van der Waals surface area contributed by atoms with Crippen molar-refractivity contribution in [3.05, 3.63) is 56.8 Å². The van der Waals surface area contributed by atoms with E-state index in [2.05, 4.69) is 5.32 Å². The molecule has 0 aliphatic carbocycles. The number of aryl methyl sites for hydroxylation is 2. The maximum atomic E-state index is 14.1. The molecule has 2 rings (SSSR count). The van der Waals surface area contributed by atoms with Gasteiger partial charge in [-0.25, -0.2) is 8.78 Å². The quantitative estimate of drug-likeness (QED) is 0.879. The van der Waals surface area contributed by atoms with Crippen molar-refractivity contribution in [2.45, 2.75) is 26.8 Å². The molecular formula is C15H17F2NS. The van der Waals surface area contributed by atoms with Gasteiger partial charge in [0.15, 0.2) is 0 Å². The summed E-state index contributed by atoms with van der Waals surface area (Å²) in [4.78, 5) is 0. The molecule has 1 nitrogen and oxygen atoms in total. The molecule has 19 heavy (non-hydrogen) atoms. The number of nitrogens with one attached hydrogen (secondary N) is 1. The molecule has 1 aromatic carbocycles.